The number of ether oxygens (including phenoxy) is 2. The Hall–Kier alpha value is -0.200. The molecule has 1 fully saturated rings. The molecule has 0 aromatic heterocycles. The Morgan fingerprint density at radius 3 is 2.27 bits per heavy atom. The Morgan fingerprint density at radius 1 is 1.27 bits per heavy atom. The Labute approximate surface area is 89.6 Å². The van der Waals surface area contributed by atoms with E-state index in [9.17, 15) is 10.2 Å². The first-order chi connectivity index (χ1) is 7.02. The van der Waals surface area contributed by atoms with Gasteiger partial charge in [-0.25, -0.2) is 0 Å². The highest BCUT2D eigenvalue weighted by atomic mass is 16.6. The lowest BCUT2D eigenvalue weighted by atomic mass is 9.89. The maximum absolute atomic E-state index is 9.89. The molecule has 15 heavy (non-hydrogen) atoms. The van der Waals surface area contributed by atoms with Crippen molar-refractivity contribution < 1.29 is 24.8 Å². The van der Waals surface area contributed by atoms with Crippen LogP contribution in [0.1, 0.15) is 13.8 Å². The molecule has 0 aromatic carbocycles. The first-order valence-electron chi connectivity index (χ1n) is 5.18. The zero-order valence-electron chi connectivity index (χ0n) is 9.33. The average Bonchev–Trinajstić information content (AvgIpc) is 2.18. The minimum Gasteiger partial charge on any atom is -0.394 e. The Bertz CT molecular complexity index is 194. The van der Waals surface area contributed by atoms with Gasteiger partial charge in [0, 0.05) is 7.11 Å². The number of aliphatic hydroxyl groups excluding tert-OH is 3. The second-order valence-corrected chi connectivity index (χ2v) is 4.25. The first-order valence-corrected chi connectivity index (χ1v) is 5.18. The van der Waals surface area contributed by atoms with Crippen molar-refractivity contribution in [3.05, 3.63) is 0 Å². The monoisotopic (exact) mass is 220 g/mol. The van der Waals surface area contributed by atoms with Crippen LogP contribution in [0.15, 0.2) is 0 Å². The Balaban J connectivity index is 2.79. The molecule has 0 amide bonds. The van der Waals surface area contributed by atoms with Crippen LogP contribution in [0.4, 0.5) is 0 Å². The molecule has 2 unspecified atom stereocenters. The minimum atomic E-state index is -0.995. The standard InChI is InChI=1S/C10H20O5/c1-5(2)9-8(13)10(14-3)7(12)6(4-11)15-9/h5-13H,4H2,1-3H3/t6?,7-,8-,9+,10?/m1/s1. The summed E-state index contributed by atoms with van der Waals surface area (Å²) in [6.45, 7) is 3.54. The Kier molecular flexibility index (Phi) is 4.48. The molecule has 0 aromatic rings. The van der Waals surface area contributed by atoms with Crippen LogP contribution in [0.3, 0.4) is 0 Å². The van der Waals surface area contributed by atoms with Crippen LogP contribution in [0, 0.1) is 5.92 Å². The van der Waals surface area contributed by atoms with E-state index < -0.39 is 30.5 Å². The molecule has 0 bridgehead atoms. The third kappa shape index (κ3) is 2.49. The van der Waals surface area contributed by atoms with Crippen LogP contribution in [0.25, 0.3) is 0 Å². The van der Waals surface area contributed by atoms with Crippen molar-refractivity contribution in [2.24, 2.45) is 5.92 Å². The lowest BCUT2D eigenvalue weighted by Gasteiger charge is -2.43. The molecule has 0 saturated carbocycles. The highest BCUT2D eigenvalue weighted by Crippen LogP contribution is 2.27. The molecule has 1 aliphatic rings. The van der Waals surface area contributed by atoms with Crippen molar-refractivity contribution in [1.29, 1.82) is 0 Å². The zero-order chi connectivity index (χ0) is 11.6. The van der Waals surface area contributed by atoms with Gasteiger partial charge in [-0.1, -0.05) is 13.8 Å². The topological polar surface area (TPSA) is 79.2 Å². The highest BCUT2D eigenvalue weighted by molar-refractivity contribution is 4.93. The summed E-state index contributed by atoms with van der Waals surface area (Å²) in [6.07, 6.45) is -3.68. The zero-order valence-corrected chi connectivity index (χ0v) is 9.33. The lowest BCUT2D eigenvalue weighted by molar-refractivity contribution is -0.244. The summed E-state index contributed by atoms with van der Waals surface area (Å²) in [5, 5.41) is 28.7. The summed E-state index contributed by atoms with van der Waals surface area (Å²) in [5.74, 6) is 0.0965. The van der Waals surface area contributed by atoms with Crippen LogP contribution in [-0.2, 0) is 9.47 Å². The molecule has 5 atom stereocenters. The third-order valence-corrected chi connectivity index (χ3v) is 2.83. The smallest absolute Gasteiger partial charge is 0.114 e. The fourth-order valence-corrected chi connectivity index (χ4v) is 1.94. The summed E-state index contributed by atoms with van der Waals surface area (Å²) >= 11 is 0. The van der Waals surface area contributed by atoms with Crippen molar-refractivity contribution in [3.8, 4) is 0 Å². The summed E-state index contributed by atoms with van der Waals surface area (Å²) in [4.78, 5) is 0. The van der Waals surface area contributed by atoms with Crippen molar-refractivity contribution in [2.75, 3.05) is 13.7 Å². The van der Waals surface area contributed by atoms with Gasteiger partial charge in [0.15, 0.2) is 0 Å². The molecular formula is C10H20O5. The van der Waals surface area contributed by atoms with Crippen molar-refractivity contribution >= 4 is 0 Å². The van der Waals surface area contributed by atoms with E-state index >= 15 is 0 Å². The third-order valence-electron chi connectivity index (χ3n) is 2.83. The van der Waals surface area contributed by atoms with E-state index in [2.05, 4.69) is 0 Å². The molecule has 0 spiro atoms. The quantitative estimate of drug-likeness (QED) is 0.577. The molecule has 90 valence electrons. The number of methoxy groups -OCH3 is 1. The van der Waals surface area contributed by atoms with Crippen LogP contribution in [0.2, 0.25) is 0 Å². The van der Waals surface area contributed by atoms with Crippen LogP contribution >= 0.6 is 0 Å². The normalized spacial score (nSPS) is 42.2. The van der Waals surface area contributed by atoms with Gasteiger partial charge in [-0.2, -0.15) is 0 Å². The molecule has 1 heterocycles. The number of aliphatic hydroxyl groups is 3. The molecule has 1 saturated heterocycles. The molecule has 0 radical (unpaired) electrons. The number of rotatable bonds is 3. The maximum Gasteiger partial charge on any atom is 0.114 e. The van der Waals surface area contributed by atoms with Crippen LogP contribution < -0.4 is 0 Å². The molecule has 1 aliphatic heterocycles. The molecule has 0 aliphatic carbocycles. The van der Waals surface area contributed by atoms with Gasteiger partial charge >= 0.3 is 0 Å². The van der Waals surface area contributed by atoms with Crippen molar-refractivity contribution in [1.82, 2.24) is 0 Å². The largest absolute Gasteiger partial charge is 0.394 e. The highest BCUT2D eigenvalue weighted by Gasteiger charge is 2.45. The molecule has 3 N–H and O–H groups in total. The predicted octanol–water partition coefficient (Wildman–Crippen LogP) is -0.861. The van der Waals surface area contributed by atoms with Gasteiger partial charge in [-0.3, -0.25) is 0 Å². The summed E-state index contributed by atoms with van der Waals surface area (Å²) in [7, 11) is 1.42. The van der Waals surface area contributed by atoms with E-state index in [1.165, 1.54) is 7.11 Å². The van der Waals surface area contributed by atoms with E-state index in [4.69, 9.17) is 14.6 Å². The van der Waals surface area contributed by atoms with E-state index in [1.54, 1.807) is 0 Å². The molecule has 5 nitrogen and oxygen atoms in total. The van der Waals surface area contributed by atoms with Gasteiger partial charge in [-0.15, -0.1) is 0 Å². The Morgan fingerprint density at radius 2 is 1.87 bits per heavy atom. The van der Waals surface area contributed by atoms with E-state index in [0.29, 0.717) is 0 Å². The SMILES string of the molecule is COC1[C@H](O)C(CO)O[C@@H](C(C)C)[C@H]1O. The van der Waals surface area contributed by atoms with Gasteiger partial charge < -0.3 is 24.8 Å². The predicted molar refractivity (Wildman–Crippen MR) is 53.4 cm³/mol. The summed E-state index contributed by atoms with van der Waals surface area (Å²) in [6, 6.07) is 0. The van der Waals surface area contributed by atoms with Crippen LogP contribution in [0.5, 0.6) is 0 Å². The van der Waals surface area contributed by atoms with Crippen LogP contribution in [-0.4, -0.2) is 59.6 Å². The second-order valence-electron chi connectivity index (χ2n) is 4.25. The first kappa shape index (κ1) is 12.9. The van der Waals surface area contributed by atoms with E-state index in [-0.39, 0.29) is 12.5 Å². The number of hydrogen-bond donors (Lipinski definition) is 3. The van der Waals surface area contributed by atoms with Crippen molar-refractivity contribution in [2.45, 2.75) is 44.4 Å². The minimum absolute atomic E-state index is 0.0965. The van der Waals surface area contributed by atoms with Gasteiger partial charge in [-0.05, 0) is 5.92 Å². The molecular weight excluding hydrogens is 200 g/mol. The van der Waals surface area contributed by atoms with Gasteiger partial charge in [0.2, 0.25) is 0 Å². The van der Waals surface area contributed by atoms with E-state index in [1.807, 2.05) is 13.8 Å². The van der Waals surface area contributed by atoms with Crippen molar-refractivity contribution in [3.63, 3.8) is 0 Å². The fourth-order valence-electron chi connectivity index (χ4n) is 1.94. The lowest BCUT2D eigenvalue weighted by Crippen LogP contribution is -2.60. The second kappa shape index (κ2) is 5.23. The molecule has 5 heteroatoms. The van der Waals surface area contributed by atoms with E-state index in [0.717, 1.165) is 0 Å². The molecule has 1 rings (SSSR count). The van der Waals surface area contributed by atoms with Gasteiger partial charge in [0.05, 0.1) is 12.7 Å². The number of hydrogen-bond acceptors (Lipinski definition) is 5. The summed E-state index contributed by atoms with van der Waals surface area (Å²) in [5.41, 5.74) is 0. The summed E-state index contributed by atoms with van der Waals surface area (Å²) < 4.78 is 10.5. The average molecular weight is 220 g/mol. The van der Waals surface area contributed by atoms with Gasteiger partial charge in [0.1, 0.15) is 24.4 Å². The maximum atomic E-state index is 9.89. The van der Waals surface area contributed by atoms with Gasteiger partial charge in [0.25, 0.3) is 0 Å². The fraction of sp³-hybridized carbons (Fsp3) is 1.00.